The lowest BCUT2D eigenvalue weighted by Crippen LogP contribution is -2.45. The number of hydrogen-bond donors (Lipinski definition) is 2. The van der Waals surface area contributed by atoms with Crippen molar-refractivity contribution >= 4 is 11.8 Å². The molecular formula is C15H22N4O4. The Hall–Kier alpha value is -1.93. The minimum Gasteiger partial charge on any atom is -0.395 e. The van der Waals surface area contributed by atoms with Gasteiger partial charge in [-0.05, 0) is 12.8 Å². The highest BCUT2D eigenvalue weighted by molar-refractivity contribution is 5.93. The van der Waals surface area contributed by atoms with Crippen LogP contribution in [0.3, 0.4) is 0 Å². The van der Waals surface area contributed by atoms with Crippen LogP contribution in [0, 0.1) is 5.92 Å². The first-order valence-corrected chi connectivity index (χ1v) is 8.00. The number of carbonyl (C=O) groups is 2. The summed E-state index contributed by atoms with van der Waals surface area (Å²) in [4.78, 5) is 30.6. The molecule has 0 saturated carbocycles. The SMILES string of the molecule is O=C(NCCO)c1ncn2c1CCC(C(=O)N1CCOCC1)C2. The molecule has 0 aromatic carbocycles. The topological polar surface area (TPSA) is 96.7 Å². The molecule has 2 aliphatic rings. The maximum atomic E-state index is 12.6. The number of nitrogens with zero attached hydrogens (tertiary/aromatic N) is 3. The molecule has 1 aromatic heterocycles. The molecule has 23 heavy (non-hydrogen) atoms. The summed E-state index contributed by atoms with van der Waals surface area (Å²) in [6.45, 7) is 3.18. The number of aliphatic hydroxyl groups excluding tert-OH is 1. The van der Waals surface area contributed by atoms with E-state index in [1.807, 2.05) is 9.47 Å². The van der Waals surface area contributed by atoms with Crippen LogP contribution in [-0.4, -0.2) is 70.8 Å². The molecule has 8 nitrogen and oxygen atoms in total. The van der Waals surface area contributed by atoms with Crippen LogP contribution in [0.25, 0.3) is 0 Å². The Morgan fingerprint density at radius 2 is 2.17 bits per heavy atom. The van der Waals surface area contributed by atoms with Crippen molar-refractivity contribution in [3.63, 3.8) is 0 Å². The van der Waals surface area contributed by atoms with Gasteiger partial charge in [0.05, 0.1) is 37.8 Å². The largest absolute Gasteiger partial charge is 0.395 e. The van der Waals surface area contributed by atoms with E-state index in [-0.39, 0.29) is 30.9 Å². The molecule has 0 radical (unpaired) electrons. The molecule has 1 unspecified atom stereocenters. The molecule has 0 aliphatic carbocycles. The minimum absolute atomic E-state index is 0.0665. The first-order valence-electron chi connectivity index (χ1n) is 8.00. The highest BCUT2D eigenvalue weighted by Gasteiger charge is 2.31. The molecule has 1 saturated heterocycles. The monoisotopic (exact) mass is 322 g/mol. The number of ether oxygens (including phenoxy) is 1. The first kappa shape index (κ1) is 15.9. The molecule has 126 valence electrons. The van der Waals surface area contributed by atoms with Gasteiger partial charge < -0.3 is 24.6 Å². The fraction of sp³-hybridized carbons (Fsp3) is 0.667. The number of amides is 2. The van der Waals surface area contributed by atoms with Crippen molar-refractivity contribution in [1.82, 2.24) is 19.8 Å². The Labute approximate surface area is 134 Å². The molecule has 2 N–H and O–H groups in total. The average Bonchev–Trinajstić information content (AvgIpc) is 3.03. The fourth-order valence-electron chi connectivity index (χ4n) is 3.15. The van der Waals surface area contributed by atoms with Gasteiger partial charge in [-0.2, -0.15) is 0 Å². The van der Waals surface area contributed by atoms with Gasteiger partial charge in [-0.25, -0.2) is 4.98 Å². The predicted octanol–water partition coefficient (Wildman–Crippen LogP) is -0.974. The van der Waals surface area contributed by atoms with Gasteiger partial charge in [0.1, 0.15) is 5.69 Å². The fourth-order valence-corrected chi connectivity index (χ4v) is 3.15. The second-order valence-corrected chi connectivity index (χ2v) is 5.84. The van der Waals surface area contributed by atoms with E-state index in [4.69, 9.17) is 9.84 Å². The molecule has 1 atom stereocenters. The van der Waals surface area contributed by atoms with E-state index >= 15 is 0 Å². The zero-order valence-corrected chi connectivity index (χ0v) is 13.0. The van der Waals surface area contributed by atoms with Crippen LogP contribution in [0.5, 0.6) is 0 Å². The van der Waals surface area contributed by atoms with Gasteiger partial charge in [-0.1, -0.05) is 0 Å². The standard InChI is InChI=1S/C15H22N4O4/c20-6-3-16-14(21)13-12-2-1-11(9-19(12)10-17-13)15(22)18-4-7-23-8-5-18/h10-11,20H,1-9H2,(H,16,21). The number of hydrogen-bond acceptors (Lipinski definition) is 5. The van der Waals surface area contributed by atoms with Crippen molar-refractivity contribution in [3.05, 3.63) is 17.7 Å². The number of aliphatic hydroxyl groups is 1. The van der Waals surface area contributed by atoms with E-state index in [9.17, 15) is 9.59 Å². The van der Waals surface area contributed by atoms with Crippen LogP contribution in [0.4, 0.5) is 0 Å². The summed E-state index contributed by atoms with van der Waals surface area (Å²) in [5.41, 5.74) is 1.27. The quantitative estimate of drug-likeness (QED) is 0.743. The summed E-state index contributed by atoms with van der Waals surface area (Å²) in [6, 6.07) is 0. The van der Waals surface area contributed by atoms with Crippen molar-refractivity contribution < 1.29 is 19.4 Å². The Bertz CT molecular complexity index is 580. The van der Waals surface area contributed by atoms with Crippen LogP contribution < -0.4 is 5.32 Å². The lowest BCUT2D eigenvalue weighted by molar-refractivity contribution is -0.140. The van der Waals surface area contributed by atoms with E-state index in [0.717, 1.165) is 12.1 Å². The Morgan fingerprint density at radius 3 is 2.91 bits per heavy atom. The number of morpholine rings is 1. The van der Waals surface area contributed by atoms with E-state index in [0.29, 0.717) is 45.0 Å². The van der Waals surface area contributed by atoms with Crippen molar-refractivity contribution in [2.75, 3.05) is 39.5 Å². The minimum atomic E-state index is -0.272. The number of carbonyl (C=O) groups excluding carboxylic acids is 2. The molecule has 0 spiro atoms. The van der Waals surface area contributed by atoms with Gasteiger partial charge in [0.15, 0.2) is 0 Å². The third-order valence-electron chi connectivity index (χ3n) is 4.38. The van der Waals surface area contributed by atoms with E-state index in [1.54, 1.807) is 6.33 Å². The molecule has 1 aromatic rings. The Kier molecular flexibility index (Phi) is 4.92. The smallest absolute Gasteiger partial charge is 0.271 e. The molecule has 2 amide bonds. The van der Waals surface area contributed by atoms with E-state index < -0.39 is 0 Å². The summed E-state index contributed by atoms with van der Waals surface area (Å²) < 4.78 is 7.19. The van der Waals surface area contributed by atoms with Crippen molar-refractivity contribution in [2.45, 2.75) is 19.4 Å². The highest BCUT2D eigenvalue weighted by atomic mass is 16.5. The number of nitrogens with one attached hydrogen (secondary N) is 1. The normalized spacial score (nSPS) is 20.9. The van der Waals surface area contributed by atoms with Crippen molar-refractivity contribution in [2.24, 2.45) is 5.92 Å². The molecule has 0 bridgehead atoms. The Morgan fingerprint density at radius 1 is 1.39 bits per heavy atom. The third-order valence-corrected chi connectivity index (χ3v) is 4.38. The molecule has 2 aliphatic heterocycles. The second kappa shape index (κ2) is 7.10. The summed E-state index contributed by atoms with van der Waals surface area (Å²) >= 11 is 0. The van der Waals surface area contributed by atoms with Crippen molar-refractivity contribution in [1.29, 1.82) is 0 Å². The zero-order valence-electron chi connectivity index (χ0n) is 13.0. The lowest BCUT2D eigenvalue weighted by Gasteiger charge is -2.32. The van der Waals surface area contributed by atoms with Crippen LogP contribution >= 0.6 is 0 Å². The maximum absolute atomic E-state index is 12.6. The van der Waals surface area contributed by atoms with Crippen molar-refractivity contribution in [3.8, 4) is 0 Å². The van der Waals surface area contributed by atoms with E-state index in [1.165, 1.54) is 0 Å². The highest BCUT2D eigenvalue weighted by Crippen LogP contribution is 2.24. The molecular weight excluding hydrogens is 300 g/mol. The molecule has 3 heterocycles. The van der Waals surface area contributed by atoms with E-state index in [2.05, 4.69) is 10.3 Å². The summed E-state index contributed by atoms with van der Waals surface area (Å²) in [5, 5.41) is 11.4. The van der Waals surface area contributed by atoms with Crippen LogP contribution in [0.1, 0.15) is 22.6 Å². The van der Waals surface area contributed by atoms with Gasteiger partial charge in [0.25, 0.3) is 5.91 Å². The van der Waals surface area contributed by atoms with Gasteiger partial charge in [-0.15, -0.1) is 0 Å². The summed E-state index contributed by atoms with van der Waals surface area (Å²) in [5.74, 6) is -0.173. The zero-order chi connectivity index (χ0) is 16.2. The summed E-state index contributed by atoms with van der Waals surface area (Å²) in [7, 11) is 0. The van der Waals surface area contributed by atoms with Gasteiger partial charge >= 0.3 is 0 Å². The van der Waals surface area contributed by atoms with Crippen LogP contribution in [0.15, 0.2) is 6.33 Å². The second-order valence-electron chi connectivity index (χ2n) is 5.84. The molecule has 1 fully saturated rings. The number of rotatable bonds is 4. The Balaban J connectivity index is 1.66. The first-order chi connectivity index (χ1) is 11.2. The van der Waals surface area contributed by atoms with Gasteiger partial charge in [0.2, 0.25) is 5.91 Å². The third kappa shape index (κ3) is 3.37. The van der Waals surface area contributed by atoms with Crippen LogP contribution in [-0.2, 0) is 22.5 Å². The predicted molar refractivity (Wildman–Crippen MR) is 80.9 cm³/mol. The molecule has 8 heteroatoms. The number of imidazole rings is 1. The number of fused-ring (bicyclic) bond motifs is 1. The van der Waals surface area contributed by atoms with Gasteiger partial charge in [-0.3, -0.25) is 9.59 Å². The maximum Gasteiger partial charge on any atom is 0.271 e. The molecule has 3 rings (SSSR count). The van der Waals surface area contributed by atoms with Gasteiger partial charge in [0, 0.05) is 26.2 Å². The number of aromatic nitrogens is 2. The lowest BCUT2D eigenvalue weighted by atomic mass is 9.95. The summed E-state index contributed by atoms with van der Waals surface area (Å²) in [6.07, 6.45) is 3.01. The average molecular weight is 322 g/mol. The van der Waals surface area contributed by atoms with Crippen LogP contribution in [0.2, 0.25) is 0 Å².